The van der Waals surface area contributed by atoms with Gasteiger partial charge in [0.1, 0.15) is 0 Å². The molecule has 1 aliphatic carbocycles. The number of methoxy groups -OCH3 is 1. The highest BCUT2D eigenvalue weighted by molar-refractivity contribution is 9.10. The van der Waals surface area contributed by atoms with Gasteiger partial charge in [0.05, 0.1) is 18.0 Å². The number of ether oxygens (including phenoxy) is 1. The molecule has 0 N–H and O–H groups in total. The molecule has 1 aromatic carbocycles. The minimum absolute atomic E-state index is 0.00468. The number of hydrogen-bond donors (Lipinski definition) is 0. The van der Waals surface area contributed by atoms with Crippen LogP contribution in [0.25, 0.3) is 0 Å². The summed E-state index contributed by atoms with van der Waals surface area (Å²) in [6.07, 6.45) is 7.77. The van der Waals surface area contributed by atoms with E-state index in [9.17, 15) is 14.9 Å². The summed E-state index contributed by atoms with van der Waals surface area (Å²) in [5.74, 6) is 1.05. The fourth-order valence-corrected chi connectivity index (χ4v) is 3.97. The number of carbonyl (C=O) groups is 1. The summed E-state index contributed by atoms with van der Waals surface area (Å²) in [4.78, 5) is 21.4. The first-order valence-corrected chi connectivity index (χ1v) is 9.73. The van der Waals surface area contributed by atoms with Gasteiger partial charge < -0.3 is 4.74 Å². The lowest BCUT2D eigenvalue weighted by Crippen LogP contribution is -2.22. The highest BCUT2D eigenvalue weighted by Crippen LogP contribution is 2.32. The Morgan fingerprint density at radius 3 is 2.36 bits per heavy atom. The number of benzene rings is 1. The van der Waals surface area contributed by atoms with Crippen LogP contribution in [0.5, 0.6) is 0 Å². The third-order valence-corrected chi connectivity index (χ3v) is 5.47. The summed E-state index contributed by atoms with van der Waals surface area (Å²) in [6, 6.07) is 5.00. The van der Waals surface area contributed by atoms with Crippen LogP contribution in [-0.4, -0.2) is 18.0 Å². The Kier molecular flexibility index (Phi) is 9.71. The minimum atomic E-state index is -0.358. The van der Waals surface area contributed by atoms with Crippen molar-refractivity contribution in [2.75, 3.05) is 7.11 Å². The average molecular weight is 414 g/mol. The van der Waals surface area contributed by atoms with E-state index in [2.05, 4.69) is 22.9 Å². The number of rotatable bonds is 5. The van der Waals surface area contributed by atoms with Gasteiger partial charge in [-0.15, -0.1) is 0 Å². The van der Waals surface area contributed by atoms with Gasteiger partial charge in [-0.1, -0.05) is 48.7 Å². The summed E-state index contributed by atoms with van der Waals surface area (Å²) >= 11 is 3.27. The third-order valence-electron chi connectivity index (χ3n) is 4.72. The topological polar surface area (TPSA) is 69.4 Å². The van der Waals surface area contributed by atoms with Gasteiger partial charge in [0.25, 0.3) is 5.69 Å². The highest BCUT2D eigenvalue weighted by atomic mass is 79.9. The van der Waals surface area contributed by atoms with Crippen molar-refractivity contribution < 1.29 is 14.5 Å². The number of hydrogen-bond acceptors (Lipinski definition) is 4. The van der Waals surface area contributed by atoms with Gasteiger partial charge in [0.15, 0.2) is 0 Å². The van der Waals surface area contributed by atoms with E-state index in [0.717, 1.165) is 28.8 Å². The Bertz CT molecular complexity index is 569. The number of nitro benzene ring substituents is 1. The first-order valence-electron chi connectivity index (χ1n) is 8.94. The zero-order valence-corrected chi connectivity index (χ0v) is 16.9. The Morgan fingerprint density at radius 2 is 1.92 bits per heavy atom. The number of carbonyl (C=O) groups excluding carboxylic acids is 1. The van der Waals surface area contributed by atoms with Gasteiger partial charge in [0, 0.05) is 16.1 Å². The second-order valence-corrected chi connectivity index (χ2v) is 7.23. The molecule has 1 aliphatic rings. The molecule has 0 atom stereocenters. The van der Waals surface area contributed by atoms with Gasteiger partial charge in [-0.25, -0.2) is 0 Å². The first-order chi connectivity index (χ1) is 11.9. The van der Waals surface area contributed by atoms with Gasteiger partial charge in [-0.05, 0) is 44.1 Å². The molecule has 0 aromatic heterocycles. The Labute approximate surface area is 158 Å². The van der Waals surface area contributed by atoms with Crippen LogP contribution in [0.15, 0.2) is 22.7 Å². The van der Waals surface area contributed by atoms with Crippen molar-refractivity contribution in [2.24, 2.45) is 11.8 Å². The van der Waals surface area contributed by atoms with Crippen molar-refractivity contribution in [3.8, 4) is 0 Å². The van der Waals surface area contributed by atoms with Gasteiger partial charge in [-0.3, -0.25) is 14.9 Å². The van der Waals surface area contributed by atoms with Crippen LogP contribution in [0.3, 0.4) is 0 Å². The molecule has 1 aromatic rings. The van der Waals surface area contributed by atoms with E-state index in [1.807, 2.05) is 13.0 Å². The Balaban J connectivity index is 0.000000251. The van der Waals surface area contributed by atoms with Gasteiger partial charge in [0.2, 0.25) is 0 Å². The molecule has 0 unspecified atom stereocenters. The second kappa shape index (κ2) is 11.2. The van der Waals surface area contributed by atoms with Crippen LogP contribution in [0.4, 0.5) is 5.69 Å². The van der Waals surface area contributed by atoms with Crippen LogP contribution in [-0.2, 0) is 16.0 Å². The summed E-state index contributed by atoms with van der Waals surface area (Å²) in [7, 11) is 1.49. The van der Waals surface area contributed by atoms with E-state index in [-0.39, 0.29) is 22.5 Å². The summed E-state index contributed by atoms with van der Waals surface area (Å²) < 4.78 is 5.55. The van der Waals surface area contributed by atoms with Crippen LogP contribution in [0.1, 0.15) is 57.9 Å². The maximum atomic E-state index is 11.2. The lowest BCUT2D eigenvalue weighted by Gasteiger charge is -2.26. The van der Waals surface area contributed by atoms with Crippen LogP contribution in [0.2, 0.25) is 0 Å². The zero-order chi connectivity index (χ0) is 18.8. The Morgan fingerprint density at radius 1 is 1.28 bits per heavy atom. The molecule has 5 nitrogen and oxygen atoms in total. The van der Waals surface area contributed by atoms with E-state index in [1.54, 1.807) is 6.07 Å². The number of nitro groups is 1. The lowest BCUT2D eigenvalue weighted by atomic mass is 9.80. The molecule has 0 bridgehead atoms. The lowest BCUT2D eigenvalue weighted by molar-refractivity contribution is -0.385. The fourth-order valence-electron chi connectivity index (χ4n) is 3.33. The number of esters is 1. The molecule has 0 saturated heterocycles. The van der Waals surface area contributed by atoms with Crippen molar-refractivity contribution in [1.29, 1.82) is 0 Å². The van der Waals surface area contributed by atoms with E-state index in [4.69, 9.17) is 4.74 Å². The summed E-state index contributed by atoms with van der Waals surface area (Å²) in [5.41, 5.74) is 0.939. The molecule has 1 saturated carbocycles. The standard InChI is InChI=1S/C11H20O2.C8H8BrNO2/c1-3-4-9-5-7-10(8-6-9)11(12)13-2;1-2-6-7(9)4-3-5-8(6)10(11)12/h9-10H,3-8H2,1-2H3;3-5H,2H2,1H3. The largest absolute Gasteiger partial charge is 0.469 e. The molecule has 6 heteroatoms. The van der Waals surface area contributed by atoms with E-state index in [1.165, 1.54) is 38.9 Å². The van der Waals surface area contributed by atoms with Crippen LogP contribution < -0.4 is 0 Å². The average Bonchev–Trinajstić information content (AvgIpc) is 2.62. The predicted octanol–water partition coefficient (Wildman–Crippen LogP) is 5.69. The maximum absolute atomic E-state index is 11.2. The monoisotopic (exact) mass is 413 g/mol. The van der Waals surface area contributed by atoms with Crippen molar-refractivity contribution in [1.82, 2.24) is 0 Å². The molecule has 0 radical (unpaired) electrons. The first kappa shape index (κ1) is 21.6. The van der Waals surface area contributed by atoms with Crippen molar-refractivity contribution in [3.05, 3.63) is 38.3 Å². The second-order valence-electron chi connectivity index (χ2n) is 6.38. The number of nitrogens with zero attached hydrogens (tertiary/aromatic N) is 1. The van der Waals surface area contributed by atoms with Crippen molar-refractivity contribution in [2.45, 2.75) is 58.8 Å². The van der Waals surface area contributed by atoms with Crippen molar-refractivity contribution in [3.63, 3.8) is 0 Å². The predicted molar refractivity (Wildman–Crippen MR) is 103 cm³/mol. The molecule has 0 spiro atoms. The smallest absolute Gasteiger partial charge is 0.308 e. The zero-order valence-electron chi connectivity index (χ0n) is 15.3. The van der Waals surface area contributed by atoms with Crippen LogP contribution >= 0.6 is 15.9 Å². The van der Waals surface area contributed by atoms with Gasteiger partial charge >= 0.3 is 5.97 Å². The van der Waals surface area contributed by atoms with Crippen LogP contribution in [0, 0.1) is 22.0 Å². The molecule has 2 rings (SSSR count). The Hall–Kier alpha value is -1.43. The van der Waals surface area contributed by atoms with E-state index >= 15 is 0 Å². The van der Waals surface area contributed by atoms with Gasteiger partial charge in [-0.2, -0.15) is 0 Å². The summed E-state index contributed by atoms with van der Waals surface area (Å²) in [6.45, 7) is 4.12. The molecular weight excluding hydrogens is 386 g/mol. The maximum Gasteiger partial charge on any atom is 0.308 e. The third kappa shape index (κ3) is 6.77. The normalized spacial score (nSPS) is 19.5. The minimum Gasteiger partial charge on any atom is -0.469 e. The quantitative estimate of drug-likeness (QED) is 0.353. The fraction of sp³-hybridized carbons (Fsp3) is 0.632. The molecule has 25 heavy (non-hydrogen) atoms. The SMILES string of the molecule is CCCC1CCC(C(=O)OC)CC1.CCc1c(Br)cccc1[N+](=O)[O-]. The highest BCUT2D eigenvalue weighted by Gasteiger charge is 2.26. The molecule has 0 heterocycles. The van der Waals surface area contributed by atoms with E-state index in [0.29, 0.717) is 6.42 Å². The summed E-state index contributed by atoms with van der Waals surface area (Å²) in [5, 5.41) is 10.5. The molecular formula is C19H28BrNO4. The molecule has 1 fully saturated rings. The number of halogens is 1. The molecule has 0 aliphatic heterocycles. The molecule has 0 amide bonds. The molecule has 140 valence electrons. The van der Waals surface area contributed by atoms with Crippen molar-refractivity contribution >= 4 is 27.6 Å². The van der Waals surface area contributed by atoms with E-state index < -0.39 is 0 Å².